The predicted octanol–water partition coefficient (Wildman–Crippen LogP) is 3.57. The molecule has 0 saturated carbocycles. The standard InChI is InChI=1S/C11H25NSi/c1-7-9-13(5,6)10-8-11(2)12(3)4/h8H,7,9-10H2,1-6H3. The number of nitrogens with zero attached hydrogens (tertiary/aromatic N) is 1. The number of hydrogen-bond acceptors (Lipinski definition) is 1. The van der Waals surface area contributed by atoms with Crippen LogP contribution in [-0.4, -0.2) is 27.1 Å². The van der Waals surface area contributed by atoms with Crippen LogP contribution in [0.5, 0.6) is 0 Å². The third-order valence-electron chi connectivity index (χ3n) is 2.58. The Morgan fingerprint density at radius 3 is 2.23 bits per heavy atom. The van der Waals surface area contributed by atoms with Crippen molar-refractivity contribution in [1.82, 2.24) is 4.90 Å². The van der Waals surface area contributed by atoms with Gasteiger partial charge in [-0.3, -0.25) is 0 Å². The van der Waals surface area contributed by atoms with Crippen LogP contribution in [0.25, 0.3) is 0 Å². The van der Waals surface area contributed by atoms with Gasteiger partial charge < -0.3 is 4.90 Å². The third-order valence-corrected chi connectivity index (χ3v) is 5.75. The van der Waals surface area contributed by atoms with E-state index in [2.05, 4.69) is 52.0 Å². The molecule has 1 nitrogen and oxygen atoms in total. The summed E-state index contributed by atoms with van der Waals surface area (Å²) in [6.45, 7) is 9.44. The molecular weight excluding hydrogens is 174 g/mol. The van der Waals surface area contributed by atoms with E-state index >= 15 is 0 Å². The predicted molar refractivity (Wildman–Crippen MR) is 64.8 cm³/mol. The number of rotatable bonds is 5. The van der Waals surface area contributed by atoms with Gasteiger partial charge in [0.15, 0.2) is 0 Å². The minimum atomic E-state index is -0.915. The molecular formula is C11H25NSi. The van der Waals surface area contributed by atoms with Crippen LogP contribution in [0.3, 0.4) is 0 Å². The molecule has 13 heavy (non-hydrogen) atoms. The lowest BCUT2D eigenvalue weighted by Crippen LogP contribution is -2.24. The van der Waals surface area contributed by atoms with Crippen LogP contribution >= 0.6 is 0 Å². The van der Waals surface area contributed by atoms with Crippen molar-refractivity contribution in [1.29, 1.82) is 0 Å². The molecule has 0 atom stereocenters. The van der Waals surface area contributed by atoms with E-state index < -0.39 is 8.07 Å². The molecule has 0 spiro atoms. The Morgan fingerprint density at radius 2 is 1.85 bits per heavy atom. The third kappa shape index (κ3) is 5.91. The van der Waals surface area contributed by atoms with E-state index in [0.29, 0.717) is 0 Å². The Balaban J connectivity index is 4.05. The zero-order chi connectivity index (χ0) is 10.5. The summed E-state index contributed by atoms with van der Waals surface area (Å²) in [5.74, 6) is 0. The van der Waals surface area contributed by atoms with E-state index in [1.54, 1.807) is 0 Å². The van der Waals surface area contributed by atoms with Gasteiger partial charge in [-0.05, 0) is 13.0 Å². The zero-order valence-electron chi connectivity index (χ0n) is 10.1. The van der Waals surface area contributed by atoms with Crippen LogP contribution in [0.2, 0.25) is 25.2 Å². The van der Waals surface area contributed by atoms with Crippen molar-refractivity contribution in [2.45, 2.75) is 45.5 Å². The van der Waals surface area contributed by atoms with Crippen LogP contribution in [0, 0.1) is 0 Å². The smallest absolute Gasteiger partial charge is 0.0511 e. The second-order valence-electron chi connectivity index (χ2n) is 4.86. The van der Waals surface area contributed by atoms with Crippen molar-refractivity contribution in [3.05, 3.63) is 11.8 Å². The van der Waals surface area contributed by atoms with Crippen molar-refractivity contribution in [3.8, 4) is 0 Å². The molecule has 0 rings (SSSR count). The SMILES string of the molecule is CCC[Si](C)(C)CC=C(C)N(C)C. The van der Waals surface area contributed by atoms with E-state index in [1.165, 1.54) is 24.2 Å². The van der Waals surface area contributed by atoms with Crippen molar-refractivity contribution < 1.29 is 0 Å². The van der Waals surface area contributed by atoms with Gasteiger partial charge in [-0.2, -0.15) is 0 Å². The van der Waals surface area contributed by atoms with Crippen LogP contribution < -0.4 is 0 Å². The van der Waals surface area contributed by atoms with Crippen LogP contribution in [-0.2, 0) is 0 Å². The minimum Gasteiger partial charge on any atom is -0.381 e. The average molecular weight is 199 g/mol. The average Bonchev–Trinajstić information content (AvgIpc) is 2.00. The van der Waals surface area contributed by atoms with Gasteiger partial charge >= 0.3 is 0 Å². The lowest BCUT2D eigenvalue weighted by Gasteiger charge is -2.21. The lowest BCUT2D eigenvalue weighted by atomic mass is 10.4. The Bertz CT molecular complexity index is 171. The van der Waals surface area contributed by atoms with E-state index in [0.717, 1.165) is 0 Å². The van der Waals surface area contributed by atoms with Gasteiger partial charge in [0.2, 0.25) is 0 Å². The molecule has 0 unspecified atom stereocenters. The molecule has 0 aliphatic rings. The normalized spacial score (nSPS) is 13.2. The fourth-order valence-corrected chi connectivity index (χ4v) is 3.79. The van der Waals surface area contributed by atoms with Crippen molar-refractivity contribution in [2.24, 2.45) is 0 Å². The van der Waals surface area contributed by atoms with Crippen LogP contribution in [0.15, 0.2) is 11.8 Å². The Labute approximate surface area is 84.8 Å². The van der Waals surface area contributed by atoms with Crippen molar-refractivity contribution >= 4 is 8.07 Å². The first-order valence-corrected chi connectivity index (χ1v) is 8.64. The second-order valence-corrected chi connectivity index (χ2v) is 10.1. The lowest BCUT2D eigenvalue weighted by molar-refractivity contribution is 0.512. The number of allylic oxidation sites excluding steroid dienone is 2. The maximum Gasteiger partial charge on any atom is 0.0511 e. The van der Waals surface area contributed by atoms with Crippen molar-refractivity contribution in [3.63, 3.8) is 0 Å². The fourth-order valence-electron chi connectivity index (χ4n) is 1.39. The highest BCUT2D eigenvalue weighted by atomic mass is 28.3. The van der Waals surface area contributed by atoms with E-state index in [-0.39, 0.29) is 0 Å². The molecule has 0 aliphatic heterocycles. The highest BCUT2D eigenvalue weighted by Crippen LogP contribution is 2.18. The summed E-state index contributed by atoms with van der Waals surface area (Å²) in [6, 6.07) is 2.77. The van der Waals surface area contributed by atoms with E-state index in [1.807, 2.05) is 0 Å². The van der Waals surface area contributed by atoms with E-state index in [9.17, 15) is 0 Å². The van der Waals surface area contributed by atoms with Crippen LogP contribution in [0.1, 0.15) is 20.3 Å². The Hall–Kier alpha value is -0.243. The molecule has 0 aromatic heterocycles. The van der Waals surface area contributed by atoms with E-state index in [4.69, 9.17) is 0 Å². The fraction of sp³-hybridized carbons (Fsp3) is 0.818. The van der Waals surface area contributed by atoms with Crippen molar-refractivity contribution in [2.75, 3.05) is 14.1 Å². The molecule has 0 amide bonds. The molecule has 0 radical (unpaired) electrons. The Kier molecular flexibility index (Phi) is 5.38. The molecule has 0 heterocycles. The molecule has 0 aromatic rings. The topological polar surface area (TPSA) is 3.24 Å². The molecule has 0 saturated heterocycles. The summed E-state index contributed by atoms with van der Waals surface area (Å²) in [4.78, 5) is 2.19. The first kappa shape index (κ1) is 12.8. The molecule has 0 aromatic carbocycles. The summed E-state index contributed by atoms with van der Waals surface area (Å²) in [5.41, 5.74) is 1.40. The van der Waals surface area contributed by atoms with Gasteiger partial charge in [0.05, 0.1) is 8.07 Å². The van der Waals surface area contributed by atoms with Gasteiger partial charge in [0.1, 0.15) is 0 Å². The zero-order valence-corrected chi connectivity index (χ0v) is 11.1. The summed E-state index contributed by atoms with van der Waals surface area (Å²) in [7, 11) is 3.31. The molecule has 0 N–H and O–H groups in total. The minimum absolute atomic E-state index is 0.915. The molecule has 0 fully saturated rings. The quantitative estimate of drug-likeness (QED) is 0.612. The largest absolute Gasteiger partial charge is 0.381 e. The monoisotopic (exact) mass is 199 g/mol. The maximum absolute atomic E-state index is 2.48. The van der Waals surface area contributed by atoms with Gasteiger partial charge in [-0.1, -0.05) is 38.6 Å². The summed E-state index contributed by atoms with van der Waals surface area (Å²) in [5, 5.41) is 0. The maximum atomic E-state index is 2.48. The Morgan fingerprint density at radius 1 is 1.31 bits per heavy atom. The van der Waals surface area contributed by atoms with Crippen LogP contribution in [0.4, 0.5) is 0 Å². The second kappa shape index (κ2) is 5.48. The first-order chi connectivity index (χ1) is 5.89. The summed E-state index contributed by atoms with van der Waals surface area (Å²) in [6.07, 6.45) is 3.75. The molecule has 0 aliphatic carbocycles. The molecule has 0 bridgehead atoms. The molecule has 2 heteroatoms. The molecule has 78 valence electrons. The highest BCUT2D eigenvalue weighted by molar-refractivity contribution is 6.77. The number of hydrogen-bond donors (Lipinski definition) is 0. The summed E-state index contributed by atoms with van der Waals surface area (Å²) >= 11 is 0. The van der Waals surface area contributed by atoms with Gasteiger partial charge in [0, 0.05) is 19.8 Å². The summed E-state index contributed by atoms with van der Waals surface area (Å²) < 4.78 is 0. The van der Waals surface area contributed by atoms with Gasteiger partial charge in [-0.15, -0.1) is 0 Å². The first-order valence-electron chi connectivity index (χ1n) is 5.23. The highest BCUT2D eigenvalue weighted by Gasteiger charge is 2.17. The van der Waals surface area contributed by atoms with Gasteiger partial charge in [0.25, 0.3) is 0 Å². The van der Waals surface area contributed by atoms with Gasteiger partial charge in [-0.25, -0.2) is 0 Å².